The van der Waals surface area contributed by atoms with Gasteiger partial charge in [-0.2, -0.15) is 0 Å². The zero-order chi connectivity index (χ0) is 18.6. The van der Waals surface area contributed by atoms with Crippen molar-refractivity contribution >= 4 is 27.3 Å². The van der Waals surface area contributed by atoms with Crippen LogP contribution in [0.4, 0.5) is 20.2 Å². The van der Waals surface area contributed by atoms with Gasteiger partial charge >= 0.3 is 0 Å². The molecular weight excluding hydrogens is 350 g/mol. The summed E-state index contributed by atoms with van der Waals surface area (Å²) in [4.78, 5) is 12.6. The van der Waals surface area contributed by atoms with E-state index in [-0.39, 0.29) is 6.42 Å². The van der Waals surface area contributed by atoms with Gasteiger partial charge in [0, 0.05) is 0 Å². The number of hydrogen-bond donors (Lipinski definition) is 1. The van der Waals surface area contributed by atoms with Crippen LogP contribution >= 0.6 is 0 Å². The molecule has 0 radical (unpaired) electrons. The molecule has 2 rings (SSSR count). The molecule has 1 amide bonds. The second kappa shape index (κ2) is 7.60. The van der Waals surface area contributed by atoms with Gasteiger partial charge in [-0.3, -0.25) is 9.10 Å². The van der Waals surface area contributed by atoms with E-state index in [1.807, 2.05) is 0 Å². The highest BCUT2D eigenvalue weighted by molar-refractivity contribution is 7.92. The second-order valence-corrected chi connectivity index (χ2v) is 7.26. The molecule has 0 aromatic heterocycles. The summed E-state index contributed by atoms with van der Waals surface area (Å²) in [6, 6.07) is 10.1. The van der Waals surface area contributed by atoms with Crippen LogP contribution in [0.5, 0.6) is 0 Å². The van der Waals surface area contributed by atoms with Crippen LogP contribution in [0.15, 0.2) is 48.5 Å². The molecule has 8 heteroatoms. The van der Waals surface area contributed by atoms with Crippen molar-refractivity contribution in [2.45, 2.75) is 19.4 Å². The molecule has 25 heavy (non-hydrogen) atoms. The van der Waals surface area contributed by atoms with Gasteiger partial charge in [0.05, 0.1) is 11.9 Å². The maximum absolute atomic E-state index is 13.7. The molecule has 134 valence electrons. The molecule has 2 aromatic rings. The fraction of sp³-hybridized carbons (Fsp3) is 0.235. The Morgan fingerprint density at radius 3 is 2.12 bits per heavy atom. The molecule has 1 unspecified atom stereocenters. The third-order valence-electron chi connectivity index (χ3n) is 3.55. The first-order valence-corrected chi connectivity index (χ1v) is 9.40. The third kappa shape index (κ3) is 4.33. The molecule has 0 bridgehead atoms. The monoisotopic (exact) mass is 368 g/mol. The molecule has 0 fully saturated rings. The van der Waals surface area contributed by atoms with Crippen molar-refractivity contribution in [3.8, 4) is 0 Å². The number of hydrogen-bond acceptors (Lipinski definition) is 3. The average Bonchev–Trinajstić information content (AvgIpc) is 2.55. The molecule has 5 nitrogen and oxygen atoms in total. The largest absolute Gasteiger partial charge is 0.319 e. The lowest BCUT2D eigenvalue weighted by Crippen LogP contribution is -2.47. The Kier molecular flexibility index (Phi) is 5.73. The quantitative estimate of drug-likeness (QED) is 0.852. The van der Waals surface area contributed by atoms with E-state index < -0.39 is 39.3 Å². The summed E-state index contributed by atoms with van der Waals surface area (Å²) >= 11 is 0. The maximum Gasteiger partial charge on any atom is 0.248 e. The number of nitrogens with one attached hydrogen (secondary N) is 1. The molecule has 0 spiro atoms. The number of sulfonamides is 1. The number of amides is 1. The van der Waals surface area contributed by atoms with Gasteiger partial charge < -0.3 is 5.32 Å². The van der Waals surface area contributed by atoms with Crippen molar-refractivity contribution in [1.29, 1.82) is 0 Å². The average molecular weight is 368 g/mol. The van der Waals surface area contributed by atoms with Gasteiger partial charge in [0.1, 0.15) is 23.4 Å². The topological polar surface area (TPSA) is 66.5 Å². The van der Waals surface area contributed by atoms with Crippen LogP contribution < -0.4 is 9.62 Å². The SMILES string of the molecule is CCC(C(=O)Nc1c(F)cccc1F)N(c1ccccc1)S(C)(=O)=O. The highest BCUT2D eigenvalue weighted by Crippen LogP contribution is 2.24. The fourth-order valence-corrected chi connectivity index (χ4v) is 3.67. The van der Waals surface area contributed by atoms with Gasteiger partial charge in [0.25, 0.3) is 0 Å². The van der Waals surface area contributed by atoms with E-state index >= 15 is 0 Å². The van der Waals surface area contributed by atoms with E-state index in [0.717, 1.165) is 22.7 Å². The van der Waals surface area contributed by atoms with E-state index in [1.54, 1.807) is 37.3 Å². The van der Waals surface area contributed by atoms with Crippen molar-refractivity contribution in [2.75, 3.05) is 15.9 Å². The Bertz CT molecular complexity index is 837. The lowest BCUT2D eigenvalue weighted by atomic mass is 10.1. The highest BCUT2D eigenvalue weighted by atomic mass is 32.2. The number of rotatable bonds is 6. The minimum absolute atomic E-state index is 0.115. The number of nitrogens with zero attached hydrogens (tertiary/aromatic N) is 1. The van der Waals surface area contributed by atoms with Gasteiger partial charge in [0.2, 0.25) is 15.9 Å². The summed E-state index contributed by atoms with van der Waals surface area (Å²) in [6.07, 6.45) is 1.09. The number of anilines is 2. The summed E-state index contributed by atoms with van der Waals surface area (Å²) in [5.74, 6) is -2.69. The van der Waals surface area contributed by atoms with Crippen LogP contribution in [0.1, 0.15) is 13.3 Å². The van der Waals surface area contributed by atoms with E-state index in [0.29, 0.717) is 5.69 Å². The molecule has 0 heterocycles. The van der Waals surface area contributed by atoms with E-state index in [1.165, 1.54) is 6.07 Å². The van der Waals surface area contributed by atoms with Crippen molar-refractivity contribution in [2.24, 2.45) is 0 Å². The number of carbonyl (C=O) groups excluding carboxylic acids is 1. The lowest BCUT2D eigenvalue weighted by Gasteiger charge is -2.30. The molecular formula is C17H18F2N2O3S. The van der Waals surface area contributed by atoms with Gasteiger partial charge in [-0.25, -0.2) is 17.2 Å². The molecule has 0 saturated carbocycles. The Morgan fingerprint density at radius 1 is 1.08 bits per heavy atom. The highest BCUT2D eigenvalue weighted by Gasteiger charge is 2.32. The standard InChI is InChI=1S/C17H18F2N2O3S/c1-3-15(17(22)20-16-13(18)10-7-11-14(16)19)21(25(2,23)24)12-8-5-4-6-9-12/h4-11,15H,3H2,1-2H3,(H,20,22). The number of halogens is 2. The predicted octanol–water partition coefficient (Wildman–Crippen LogP) is 3.15. The van der Waals surface area contributed by atoms with Crippen molar-refractivity contribution in [3.63, 3.8) is 0 Å². The molecule has 1 atom stereocenters. The summed E-state index contributed by atoms with van der Waals surface area (Å²) in [5, 5.41) is 2.16. The molecule has 1 N–H and O–H groups in total. The third-order valence-corrected chi connectivity index (χ3v) is 4.73. The summed E-state index contributed by atoms with van der Waals surface area (Å²) in [5.41, 5.74) is -0.312. The van der Waals surface area contributed by atoms with Crippen molar-refractivity contribution in [3.05, 3.63) is 60.2 Å². The first kappa shape index (κ1) is 18.9. The maximum atomic E-state index is 13.7. The predicted molar refractivity (Wildman–Crippen MR) is 92.8 cm³/mol. The van der Waals surface area contributed by atoms with Crippen LogP contribution in [-0.4, -0.2) is 26.6 Å². The van der Waals surface area contributed by atoms with Crippen LogP contribution in [-0.2, 0) is 14.8 Å². The minimum Gasteiger partial charge on any atom is -0.319 e. The Morgan fingerprint density at radius 2 is 1.64 bits per heavy atom. The van der Waals surface area contributed by atoms with Crippen LogP contribution in [0.25, 0.3) is 0 Å². The van der Waals surface area contributed by atoms with Crippen LogP contribution in [0.2, 0.25) is 0 Å². The van der Waals surface area contributed by atoms with Crippen LogP contribution in [0, 0.1) is 11.6 Å². The van der Waals surface area contributed by atoms with Gasteiger partial charge in [-0.15, -0.1) is 0 Å². The summed E-state index contributed by atoms with van der Waals surface area (Å²) in [7, 11) is -3.80. The van der Waals surface area contributed by atoms with Crippen LogP contribution in [0.3, 0.4) is 0 Å². The normalized spacial score (nSPS) is 12.5. The first-order chi connectivity index (χ1) is 11.8. The Hall–Kier alpha value is -2.48. The van der Waals surface area contributed by atoms with E-state index in [2.05, 4.69) is 5.32 Å². The van der Waals surface area contributed by atoms with Gasteiger partial charge in [-0.05, 0) is 30.7 Å². The number of benzene rings is 2. The lowest BCUT2D eigenvalue weighted by molar-refractivity contribution is -0.117. The Balaban J connectivity index is 2.40. The summed E-state index contributed by atoms with van der Waals surface area (Å²) in [6.45, 7) is 1.61. The second-order valence-electron chi connectivity index (χ2n) is 5.40. The molecule has 0 aliphatic rings. The summed E-state index contributed by atoms with van der Waals surface area (Å²) < 4.78 is 52.9. The van der Waals surface area contributed by atoms with E-state index in [9.17, 15) is 22.0 Å². The molecule has 0 aliphatic carbocycles. The molecule has 2 aromatic carbocycles. The first-order valence-electron chi connectivity index (χ1n) is 7.55. The zero-order valence-corrected chi connectivity index (χ0v) is 14.6. The minimum atomic E-state index is -3.80. The Labute approximate surface area is 145 Å². The van der Waals surface area contributed by atoms with Crippen molar-refractivity contribution < 1.29 is 22.0 Å². The van der Waals surface area contributed by atoms with Gasteiger partial charge in [-0.1, -0.05) is 31.2 Å². The number of carbonyl (C=O) groups is 1. The smallest absolute Gasteiger partial charge is 0.248 e. The fourth-order valence-electron chi connectivity index (χ4n) is 2.46. The zero-order valence-electron chi connectivity index (χ0n) is 13.7. The van der Waals surface area contributed by atoms with Crippen molar-refractivity contribution in [1.82, 2.24) is 0 Å². The molecule has 0 saturated heterocycles. The van der Waals surface area contributed by atoms with E-state index in [4.69, 9.17) is 0 Å². The number of para-hydroxylation sites is 2. The van der Waals surface area contributed by atoms with Gasteiger partial charge in [0.15, 0.2) is 0 Å². The molecule has 0 aliphatic heterocycles.